The van der Waals surface area contributed by atoms with E-state index in [4.69, 9.17) is 0 Å². The van der Waals surface area contributed by atoms with E-state index in [1.165, 1.54) is 0 Å². The zero-order valence-electron chi connectivity index (χ0n) is 19.4. The third-order valence-corrected chi connectivity index (χ3v) is 8.03. The number of nitrogens with one attached hydrogen (secondary N) is 1. The van der Waals surface area contributed by atoms with Crippen molar-refractivity contribution in [3.8, 4) is 6.07 Å². The van der Waals surface area contributed by atoms with Crippen LogP contribution in [-0.2, 0) is 9.59 Å². The SMILES string of the molecule is CNC(=O)c1cccc([C@@H](C)N2C(=O)[C@@H]3C[C@H]2CN3C[C@H](C)C(=O)N2C3C[C@H]3C[C@H]2C#N)c1. The second kappa shape index (κ2) is 8.14. The molecule has 1 N–H and O–H groups in total. The molecule has 0 radical (unpaired) electrons. The zero-order valence-corrected chi connectivity index (χ0v) is 19.4. The maximum absolute atomic E-state index is 13.3. The van der Waals surface area contributed by atoms with Crippen molar-refractivity contribution in [3.05, 3.63) is 35.4 Å². The summed E-state index contributed by atoms with van der Waals surface area (Å²) in [5.41, 5.74) is 1.53. The Morgan fingerprint density at radius 2 is 2.03 bits per heavy atom. The highest BCUT2D eigenvalue weighted by Gasteiger charge is 2.55. The van der Waals surface area contributed by atoms with Crippen LogP contribution in [-0.4, -0.2) is 76.7 Å². The van der Waals surface area contributed by atoms with Crippen LogP contribution in [0, 0.1) is 23.2 Å². The minimum atomic E-state index is -0.290. The number of carbonyl (C=O) groups excluding carboxylic acids is 3. The molecule has 7 atom stereocenters. The highest BCUT2D eigenvalue weighted by molar-refractivity contribution is 5.94. The molecule has 174 valence electrons. The number of amides is 3. The number of piperidine rings is 1. The summed E-state index contributed by atoms with van der Waals surface area (Å²) in [7, 11) is 1.61. The summed E-state index contributed by atoms with van der Waals surface area (Å²) < 4.78 is 0. The van der Waals surface area contributed by atoms with Crippen LogP contribution in [0.2, 0.25) is 0 Å². The van der Waals surface area contributed by atoms with E-state index in [1.807, 2.05) is 41.8 Å². The van der Waals surface area contributed by atoms with Gasteiger partial charge < -0.3 is 15.1 Å². The summed E-state index contributed by atoms with van der Waals surface area (Å²) in [5.74, 6) is 0.284. The normalized spacial score (nSPS) is 31.8. The number of piperazine rings is 1. The number of nitriles is 1. The lowest BCUT2D eigenvalue weighted by atomic mass is 10.0. The van der Waals surface area contributed by atoms with E-state index < -0.39 is 0 Å². The van der Waals surface area contributed by atoms with Crippen LogP contribution in [0.1, 0.15) is 55.1 Å². The molecule has 3 aliphatic heterocycles. The Morgan fingerprint density at radius 1 is 1.24 bits per heavy atom. The van der Waals surface area contributed by atoms with Crippen molar-refractivity contribution < 1.29 is 14.4 Å². The average molecular weight is 450 g/mol. The number of fused-ring (bicyclic) bond motifs is 3. The number of carbonyl (C=O) groups is 3. The van der Waals surface area contributed by atoms with Crippen LogP contribution in [0.3, 0.4) is 0 Å². The average Bonchev–Trinajstić information content (AvgIpc) is 3.15. The predicted molar refractivity (Wildman–Crippen MR) is 121 cm³/mol. The lowest BCUT2D eigenvalue weighted by Gasteiger charge is -2.38. The molecular weight excluding hydrogens is 418 g/mol. The number of benzene rings is 1. The molecule has 1 aromatic carbocycles. The maximum Gasteiger partial charge on any atom is 0.251 e. The van der Waals surface area contributed by atoms with Crippen LogP contribution < -0.4 is 5.32 Å². The summed E-state index contributed by atoms with van der Waals surface area (Å²) in [6, 6.07) is 9.48. The minimum Gasteiger partial charge on any atom is -0.355 e. The molecule has 1 aromatic rings. The molecule has 2 bridgehead atoms. The number of rotatable bonds is 6. The van der Waals surface area contributed by atoms with E-state index in [2.05, 4.69) is 16.3 Å². The molecule has 8 nitrogen and oxygen atoms in total. The Hall–Kier alpha value is -2.92. The molecular formula is C25H31N5O3. The molecule has 4 aliphatic rings. The largest absolute Gasteiger partial charge is 0.355 e. The maximum atomic E-state index is 13.3. The number of likely N-dealkylation sites (tertiary alicyclic amines) is 3. The molecule has 4 fully saturated rings. The fraction of sp³-hybridized carbons (Fsp3) is 0.600. The zero-order chi connectivity index (χ0) is 23.4. The molecule has 5 rings (SSSR count). The van der Waals surface area contributed by atoms with Crippen molar-refractivity contribution in [3.63, 3.8) is 0 Å². The van der Waals surface area contributed by atoms with Gasteiger partial charge in [-0.3, -0.25) is 19.3 Å². The van der Waals surface area contributed by atoms with Gasteiger partial charge in [0.15, 0.2) is 0 Å². The molecule has 8 heteroatoms. The van der Waals surface area contributed by atoms with Crippen LogP contribution in [0.25, 0.3) is 0 Å². The number of hydrogen-bond acceptors (Lipinski definition) is 5. The van der Waals surface area contributed by atoms with Crippen molar-refractivity contribution in [2.45, 2.75) is 63.3 Å². The third kappa shape index (κ3) is 3.59. The van der Waals surface area contributed by atoms with Crippen LogP contribution >= 0.6 is 0 Å². The standard InChI is InChI=1S/C25H31N5O3/c1-14(24(32)30-19(11-26)8-18-9-21(18)30)12-28-13-20-10-22(28)25(33)29(20)15(2)16-5-4-6-17(7-16)23(31)27-3/h4-7,14-15,18-22H,8-10,12-13H2,1-3H3,(H,27,31)/t14-,15+,18+,19-,20-,21?,22-/m0/s1. The van der Waals surface area contributed by atoms with Crippen molar-refractivity contribution in [1.29, 1.82) is 5.26 Å². The van der Waals surface area contributed by atoms with Gasteiger partial charge in [0.05, 0.1) is 18.2 Å². The van der Waals surface area contributed by atoms with E-state index in [9.17, 15) is 19.6 Å². The molecule has 3 saturated heterocycles. The highest BCUT2D eigenvalue weighted by atomic mass is 16.2. The lowest BCUT2D eigenvalue weighted by molar-refractivity contribution is -0.142. The molecule has 3 heterocycles. The van der Waals surface area contributed by atoms with E-state index in [0.717, 1.165) is 31.4 Å². The Bertz CT molecular complexity index is 1040. The predicted octanol–water partition coefficient (Wildman–Crippen LogP) is 1.54. The second-order valence-corrected chi connectivity index (χ2v) is 10.1. The quantitative estimate of drug-likeness (QED) is 0.711. The van der Waals surface area contributed by atoms with Crippen LogP contribution in [0.15, 0.2) is 24.3 Å². The van der Waals surface area contributed by atoms with Gasteiger partial charge in [0.1, 0.15) is 6.04 Å². The summed E-state index contributed by atoms with van der Waals surface area (Å²) in [4.78, 5) is 44.4. The first-order chi connectivity index (χ1) is 15.8. The number of hydrogen-bond donors (Lipinski definition) is 1. The minimum absolute atomic E-state index is 0.0537. The van der Waals surface area contributed by atoms with Gasteiger partial charge in [-0.15, -0.1) is 0 Å². The first-order valence-corrected chi connectivity index (χ1v) is 11.9. The van der Waals surface area contributed by atoms with Crippen molar-refractivity contribution in [2.24, 2.45) is 11.8 Å². The van der Waals surface area contributed by atoms with Gasteiger partial charge in [-0.1, -0.05) is 19.1 Å². The first-order valence-electron chi connectivity index (χ1n) is 11.9. The summed E-state index contributed by atoms with van der Waals surface area (Å²) in [6.07, 6.45) is 2.60. The number of nitrogens with zero attached hydrogens (tertiary/aromatic N) is 4. The topological polar surface area (TPSA) is 96.8 Å². The van der Waals surface area contributed by atoms with E-state index >= 15 is 0 Å². The fourth-order valence-electron chi connectivity index (χ4n) is 6.22. The molecule has 1 aliphatic carbocycles. The van der Waals surface area contributed by atoms with Gasteiger partial charge in [0, 0.05) is 43.7 Å². The molecule has 1 unspecified atom stereocenters. The second-order valence-electron chi connectivity index (χ2n) is 10.1. The van der Waals surface area contributed by atoms with E-state index in [0.29, 0.717) is 18.0 Å². The van der Waals surface area contributed by atoms with Gasteiger partial charge in [-0.25, -0.2) is 0 Å². The molecule has 1 saturated carbocycles. The summed E-state index contributed by atoms with van der Waals surface area (Å²) in [5, 5.41) is 12.1. The Labute approximate surface area is 194 Å². The van der Waals surface area contributed by atoms with Gasteiger partial charge >= 0.3 is 0 Å². The van der Waals surface area contributed by atoms with Crippen molar-refractivity contribution in [2.75, 3.05) is 20.1 Å². The van der Waals surface area contributed by atoms with Gasteiger partial charge in [-0.05, 0) is 49.8 Å². The highest BCUT2D eigenvalue weighted by Crippen LogP contribution is 2.48. The van der Waals surface area contributed by atoms with E-state index in [-0.39, 0.29) is 53.8 Å². The molecule has 0 aromatic heterocycles. The molecule has 3 amide bonds. The Morgan fingerprint density at radius 3 is 2.73 bits per heavy atom. The first kappa shape index (κ1) is 21.9. The third-order valence-electron chi connectivity index (χ3n) is 8.03. The van der Waals surface area contributed by atoms with E-state index in [1.54, 1.807) is 13.1 Å². The fourth-order valence-corrected chi connectivity index (χ4v) is 6.22. The molecule has 33 heavy (non-hydrogen) atoms. The summed E-state index contributed by atoms with van der Waals surface area (Å²) in [6.45, 7) is 5.24. The Balaban J connectivity index is 1.24. The van der Waals surface area contributed by atoms with Crippen LogP contribution in [0.4, 0.5) is 0 Å². The van der Waals surface area contributed by atoms with Crippen molar-refractivity contribution in [1.82, 2.24) is 20.0 Å². The monoisotopic (exact) mass is 449 g/mol. The summed E-state index contributed by atoms with van der Waals surface area (Å²) >= 11 is 0. The van der Waals surface area contributed by atoms with Gasteiger partial charge in [-0.2, -0.15) is 5.26 Å². The van der Waals surface area contributed by atoms with Crippen LogP contribution in [0.5, 0.6) is 0 Å². The Kier molecular flexibility index (Phi) is 5.40. The molecule has 0 spiro atoms. The van der Waals surface area contributed by atoms with Gasteiger partial charge in [0.2, 0.25) is 11.8 Å². The smallest absolute Gasteiger partial charge is 0.251 e. The lowest BCUT2D eigenvalue weighted by Crippen LogP contribution is -2.53. The van der Waals surface area contributed by atoms with Gasteiger partial charge in [0.25, 0.3) is 5.91 Å². The van der Waals surface area contributed by atoms with Crippen molar-refractivity contribution >= 4 is 17.7 Å².